The minimum absolute atomic E-state index is 0.147. The van der Waals surface area contributed by atoms with Gasteiger partial charge in [-0.1, -0.05) is 42.5 Å². The molecule has 0 saturated carbocycles. The van der Waals surface area contributed by atoms with Crippen LogP contribution in [-0.2, 0) is 20.7 Å². The third kappa shape index (κ3) is 5.51. The Morgan fingerprint density at radius 1 is 1.33 bits per heavy atom. The number of hydrogen-bond acceptors (Lipinski definition) is 4. The summed E-state index contributed by atoms with van der Waals surface area (Å²) >= 11 is 5.01. The fraction of sp³-hybridized carbons (Fsp3) is 0.400. The van der Waals surface area contributed by atoms with Crippen LogP contribution in [0.1, 0.15) is 12.0 Å². The zero-order chi connectivity index (χ0) is 15.8. The average molecular weight is 308 g/mol. The van der Waals surface area contributed by atoms with E-state index in [1.165, 1.54) is 12.0 Å². The number of nitrogens with zero attached hydrogens (tertiary/aromatic N) is 1. The first kappa shape index (κ1) is 17.1. The van der Waals surface area contributed by atoms with Crippen LogP contribution in [0.5, 0.6) is 0 Å². The number of ether oxygens (including phenoxy) is 1. The predicted molar refractivity (Wildman–Crippen MR) is 84.7 cm³/mol. The first-order chi connectivity index (χ1) is 9.95. The van der Waals surface area contributed by atoms with E-state index in [9.17, 15) is 9.59 Å². The largest absolute Gasteiger partial charge is 0.469 e. The third-order valence-corrected chi connectivity index (χ3v) is 3.46. The van der Waals surface area contributed by atoms with Gasteiger partial charge in [-0.05, 0) is 12.0 Å². The highest BCUT2D eigenvalue weighted by Crippen LogP contribution is 2.12. The van der Waals surface area contributed by atoms with E-state index in [0.717, 1.165) is 5.56 Å². The van der Waals surface area contributed by atoms with Gasteiger partial charge < -0.3 is 15.4 Å². The summed E-state index contributed by atoms with van der Waals surface area (Å²) in [6, 6.07) is 9.55. The Morgan fingerprint density at radius 2 is 1.95 bits per heavy atom. The van der Waals surface area contributed by atoms with Crippen LogP contribution in [0.2, 0.25) is 0 Å². The molecule has 0 aromatic heterocycles. The topological polar surface area (TPSA) is 72.6 Å². The fourth-order valence-corrected chi connectivity index (χ4v) is 2.08. The summed E-state index contributed by atoms with van der Waals surface area (Å²) in [4.78, 5) is 25.1. The Balaban J connectivity index is 2.69. The molecule has 0 heterocycles. The van der Waals surface area contributed by atoms with E-state index in [-0.39, 0.29) is 29.8 Å². The molecule has 114 valence electrons. The molecule has 21 heavy (non-hydrogen) atoms. The van der Waals surface area contributed by atoms with Crippen molar-refractivity contribution in [3.05, 3.63) is 35.9 Å². The minimum Gasteiger partial charge on any atom is -0.469 e. The van der Waals surface area contributed by atoms with Crippen molar-refractivity contribution in [3.63, 3.8) is 0 Å². The van der Waals surface area contributed by atoms with Gasteiger partial charge in [-0.3, -0.25) is 9.59 Å². The van der Waals surface area contributed by atoms with Crippen LogP contribution in [0, 0.1) is 5.92 Å². The van der Waals surface area contributed by atoms with Crippen LogP contribution in [0.4, 0.5) is 0 Å². The number of carbonyl (C=O) groups is 2. The van der Waals surface area contributed by atoms with Crippen molar-refractivity contribution in [3.8, 4) is 0 Å². The highest BCUT2D eigenvalue weighted by molar-refractivity contribution is 7.80. The monoisotopic (exact) mass is 308 g/mol. The number of hydrogen-bond donors (Lipinski definition) is 1. The molecule has 0 spiro atoms. The molecule has 0 radical (unpaired) electrons. The summed E-state index contributed by atoms with van der Waals surface area (Å²) in [5.74, 6) is -1.11. The molecule has 2 N–H and O–H groups in total. The molecule has 1 amide bonds. The van der Waals surface area contributed by atoms with Crippen molar-refractivity contribution in [2.45, 2.75) is 12.8 Å². The molecule has 0 saturated heterocycles. The second-order valence-corrected chi connectivity index (χ2v) is 5.20. The SMILES string of the molecule is COC(=O)CCN(C)C(=O)C(Cc1ccccc1)C(N)=S. The van der Waals surface area contributed by atoms with Crippen LogP contribution in [0.15, 0.2) is 30.3 Å². The van der Waals surface area contributed by atoms with Gasteiger partial charge in [-0.15, -0.1) is 0 Å². The molecule has 6 heteroatoms. The number of rotatable bonds is 7. The maximum Gasteiger partial charge on any atom is 0.307 e. The summed E-state index contributed by atoms with van der Waals surface area (Å²) in [5.41, 5.74) is 6.69. The summed E-state index contributed by atoms with van der Waals surface area (Å²) in [6.45, 7) is 0.277. The molecule has 0 aliphatic rings. The van der Waals surface area contributed by atoms with Gasteiger partial charge in [-0.2, -0.15) is 0 Å². The number of methoxy groups -OCH3 is 1. The van der Waals surface area contributed by atoms with Crippen molar-refractivity contribution < 1.29 is 14.3 Å². The molecule has 0 fully saturated rings. The van der Waals surface area contributed by atoms with Crippen molar-refractivity contribution >= 4 is 29.1 Å². The third-order valence-electron chi connectivity index (χ3n) is 3.18. The Bertz CT molecular complexity index is 505. The van der Waals surface area contributed by atoms with Gasteiger partial charge in [-0.25, -0.2) is 0 Å². The van der Waals surface area contributed by atoms with Crippen LogP contribution in [0.3, 0.4) is 0 Å². The normalized spacial score (nSPS) is 11.5. The van der Waals surface area contributed by atoms with Gasteiger partial charge >= 0.3 is 5.97 Å². The quantitative estimate of drug-likeness (QED) is 0.604. The van der Waals surface area contributed by atoms with Gasteiger partial charge in [0.1, 0.15) is 0 Å². The molecular formula is C15H20N2O3S. The maximum atomic E-state index is 12.4. The number of esters is 1. The van der Waals surface area contributed by atoms with Crippen LogP contribution in [-0.4, -0.2) is 42.5 Å². The number of benzene rings is 1. The minimum atomic E-state index is -0.565. The highest BCUT2D eigenvalue weighted by Gasteiger charge is 2.25. The van der Waals surface area contributed by atoms with Crippen molar-refractivity contribution in [1.82, 2.24) is 4.90 Å². The van der Waals surface area contributed by atoms with E-state index < -0.39 is 5.92 Å². The molecule has 1 atom stereocenters. The fourth-order valence-electron chi connectivity index (χ4n) is 1.90. The Labute approximate surface area is 130 Å². The molecular weight excluding hydrogens is 288 g/mol. The molecule has 1 rings (SSSR count). The van der Waals surface area contributed by atoms with E-state index in [4.69, 9.17) is 18.0 Å². The molecule has 5 nitrogen and oxygen atoms in total. The number of thiocarbonyl (C=S) groups is 1. The standard InChI is InChI=1S/C15H20N2O3S/c1-17(9-8-13(18)20-2)15(19)12(14(16)21)10-11-6-4-3-5-7-11/h3-7,12H,8-10H2,1-2H3,(H2,16,21). The van der Waals surface area contributed by atoms with E-state index in [1.807, 2.05) is 30.3 Å². The highest BCUT2D eigenvalue weighted by atomic mass is 32.1. The van der Waals surface area contributed by atoms with Crippen molar-refractivity contribution in [2.24, 2.45) is 11.7 Å². The zero-order valence-electron chi connectivity index (χ0n) is 12.2. The summed E-state index contributed by atoms with van der Waals surface area (Å²) in [5, 5.41) is 0. The lowest BCUT2D eigenvalue weighted by atomic mass is 9.98. The molecule has 1 aromatic rings. The average Bonchev–Trinajstić information content (AvgIpc) is 2.49. The predicted octanol–water partition coefficient (Wildman–Crippen LogP) is 1.15. The molecule has 1 aromatic carbocycles. The van der Waals surface area contributed by atoms with Gasteiger partial charge in [0.05, 0.1) is 24.4 Å². The Hall–Kier alpha value is -1.95. The van der Waals surface area contributed by atoms with Crippen molar-refractivity contribution in [2.75, 3.05) is 20.7 Å². The van der Waals surface area contributed by atoms with Gasteiger partial charge in [0.2, 0.25) is 5.91 Å². The lowest BCUT2D eigenvalue weighted by Crippen LogP contribution is -2.41. The van der Waals surface area contributed by atoms with Crippen LogP contribution >= 0.6 is 12.2 Å². The second-order valence-electron chi connectivity index (χ2n) is 4.73. The van der Waals surface area contributed by atoms with Crippen LogP contribution < -0.4 is 5.73 Å². The number of amides is 1. The zero-order valence-corrected chi connectivity index (χ0v) is 13.1. The van der Waals surface area contributed by atoms with E-state index >= 15 is 0 Å². The van der Waals surface area contributed by atoms with E-state index in [0.29, 0.717) is 6.42 Å². The lowest BCUT2D eigenvalue weighted by Gasteiger charge is -2.23. The maximum absolute atomic E-state index is 12.4. The molecule has 0 aliphatic heterocycles. The van der Waals surface area contributed by atoms with Crippen molar-refractivity contribution in [1.29, 1.82) is 0 Å². The lowest BCUT2D eigenvalue weighted by molar-refractivity contribution is -0.141. The first-order valence-corrected chi connectivity index (χ1v) is 7.01. The molecule has 0 bridgehead atoms. The van der Waals surface area contributed by atoms with E-state index in [2.05, 4.69) is 4.74 Å². The van der Waals surface area contributed by atoms with E-state index in [1.54, 1.807) is 7.05 Å². The van der Waals surface area contributed by atoms with Crippen LogP contribution in [0.25, 0.3) is 0 Å². The smallest absolute Gasteiger partial charge is 0.307 e. The second kappa shape index (κ2) is 8.36. The van der Waals surface area contributed by atoms with Gasteiger partial charge in [0.25, 0.3) is 0 Å². The first-order valence-electron chi connectivity index (χ1n) is 6.60. The number of carbonyl (C=O) groups excluding carboxylic acids is 2. The molecule has 0 aliphatic carbocycles. The van der Waals surface area contributed by atoms with Gasteiger partial charge in [0.15, 0.2) is 0 Å². The number of nitrogens with two attached hydrogens (primary N) is 1. The Kier molecular flexibility index (Phi) is 6.81. The summed E-state index contributed by atoms with van der Waals surface area (Å²) in [7, 11) is 2.94. The Morgan fingerprint density at radius 3 is 2.48 bits per heavy atom. The molecule has 1 unspecified atom stereocenters. The van der Waals surface area contributed by atoms with Gasteiger partial charge in [0, 0.05) is 13.6 Å². The summed E-state index contributed by atoms with van der Waals surface area (Å²) < 4.78 is 4.56. The summed E-state index contributed by atoms with van der Waals surface area (Å²) in [6.07, 6.45) is 0.603.